The van der Waals surface area contributed by atoms with Crippen LogP contribution in [0.1, 0.15) is 52.3 Å². The molecule has 1 aromatic rings. The molecule has 2 N–H and O–H groups in total. The molecule has 0 amide bonds. The summed E-state index contributed by atoms with van der Waals surface area (Å²) in [5.74, 6) is 2.35. The van der Waals surface area contributed by atoms with Crippen LogP contribution in [-0.4, -0.2) is 28.6 Å². The highest BCUT2D eigenvalue weighted by atomic mass is 32.2. The molecule has 2 heterocycles. The first kappa shape index (κ1) is 14.8. The van der Waals surface area contributed by atoms with E-state index in [0.717, 1.165) is 12.2 Å². The van der Waals surface area contributed by atoms with Gasteiger partial charge in [-0.3, -0.25) is 0 Å². The molecule has 1 saturated heterocycles. The van der Waals surface area contributed by atoms with E-state index in [0.29, 0.717) is 18.3 Å². The molecule has 0 radical (unpaired) electrons. The Balaban J connectivity index is 2.11. The van der Waals surface area contributed by atoms with Crippen LogP contribution in [0.5, 0.6) is 0 Å². The molecule has 2 atom stereocenters. The zero-order valence-corrected chi connectivity index (χ0v) is 12.9. The molecule has 0 spiro atoms. The van der Waals surface area contributed by atoms with Gasteiger partial charge in [0.2, 0.25) is 5.89 Å². The van der Waals surface area contributed by atoms with Gasteiger partial charge in [-0.05, 0) is 46.3 Å². The highest BCUT2D eigenvalue weighted by molar-refractivity contribution is 8.00. The largest absolute Gasteiger partial charge is 0.376 e. The summed E-state index contributed by atoms with van der Waals surface area (Å²) in [6, 6.07) is 0. The molecule has 0 bridgehead atoms. The van der Waals surface area contributed by atoms with Crippen molar-refractivity contribution < 1.29 is 9.26 Å². The van der Waals surface area contributed by atoms with Crippen LogP contribution in [0.25, 0.3) is 0 Å². The molecule has 0 aromatic carbocycles. The molecule has 2 unspecified atom stereocenters. The van der Waals surface area contributed by atoms with Crippen molar-refractivity contribution in [1.82, 2.24) is 10.1 Å². The third kappa shape index (κ3) is 3.30. The molecule has 0 aliphatic carbocycles. The van der Waals surface area contributed by atoms with Crippen LogP contribution in [0.3, 0.4) is 0 Å². The van der Waals surface area contributed by atoms with E-state index in [1.165, 1.54) is 6.42 Å². The third-order valence-electron chi connectivity index (χ3n) is 3.32. The SMILES string of the molecule is CC(C)OCC(C)(N)c1noc(C2(C)CCCS2)n1. The number of aromatic nitrogens is 2. The molecule has 19 heavy (non-hydrogen) atoms. The van der Waals surface area contributed by atoms with Gasteiger partial charge in [0.15, 0.2) is 5.82 Å². The van der Waals surface area contributed by atoms with Gasteiger partial charge in [0.05, 0.1) is 17.5 Å². The van der Waals surface area contributed by atoms with E-state index in [2.05, 4.69) is 17.1 Å². The predicted molar refractivity (Wildman–Crippen MR) is 76.0 cm³/mol. The van der Waals surface area contributed by atoms with Gasteiger partial charge in [0, 0.05) is 0 Å². The van der Waals surface area contributed by atoms with Crippen LogP contribution in [0.15, 0.2) is 4.52 Å². The number of nitrogens with zero attached hydrogens (tertiary/aromatic N) is 2. The van der Waals surface area contributed by atoms with Crippen LogP contribution in [-0.2, 0) is 15.0 Å². The van der Waals surface area contributed by atoms with Gasteiger partial charge in [0.25, 0.3) is 0 Å². The van der Waals surface area contributed by atoms with Gasteiger partial charge in [-0.2, -0.15) is 4.98 Å². The number of hydrogen-bond donors (Lipinski definition) is 1. The van der Waals surface area contributed by atoms with E-state index in [9.17, 15) is 0 Å². The summed E-state index contributed by atoms with van der Waals surface area (Å²) in [7, 11) is 0. The lowest BCUT2D eigenvalue weighted by atomic mass is 10.0. The Morgan fingerprint density at radius 3 is 2.89 bits per heavy atom. The maximum absolute atomic E-state index is 6.22. The van der Waals surface area contributed by atoms with Crippen molar-refractivity contribution >= 4 is 11.8 Å². The Bertz CT molecular complexity index is 425. The average molecular weight is 285 g/mol. The van der Waals surface area contributed by atoms with E-state index >= 15 is 0 Å². The number of rotatable bonds is 5. The van der Waals surface area contributed by atoms with Gasteiger partial charge >= 0.3 is 0 Å². The van der Waals surface area contributed by atoms with E-state index in [4.69, 9.17) is 15.0 Å². The lowest BCUT2D eigenvalue weighted by Gasteiger charge is -2.22. The van der Waals surface area contributed by atoms with Crippen molar-refractivity contribution in [3.8, 4) is 0 Å². The maximum Gasteiger partial charge on any atom is 0.242 e. The second-order valence-electron chi connectivity index (χ2n) is 5.88. The minimum Gasteiger partial charge on any atom is -0.376 e. The molecule has 6 heteroatoms. The summed E-state index contributed by atoms with van der Waals surface area (Å²) in [5, 5.41) is 4.05. The molecular formula is C13H23N3O2S. The quantitative estimate of drug-likeness (QED) is 0.895. The molecule has 1 aliphatic heterocycles. The summed E-state index contributed by atoms with van der Waals surface area (Å²) in [6.45, 7) is 8.37. The summed E-state index contributed by atoms with van der Waals surface area (Å²) in [5.41, 5.74) is 5.51. The number of thioether (sulfide) groups is 1. The van der Waals surface area contributed by atoms with Gasteiger partial charge in [0.1, 0.15) is 5.54 Å². The molecule has 1 fully saturated rings. The fraction of sp³-hybridized carbons (Fsp3) is 0.846. The number of nitrogens with two attached hydrogens (primary N) is 1. The monoisotopic (exact) mass is 285 g/mol. The fourth-order valence-corrected chi connectivity index (χ4v) is 3.26. The second kappa shape index (κ2) is 5.42. The summed E-state index contributed by atoms with van der Waals surface area (Å²) in [4.78, 5) is 4.51. The van der Waals surface area contributed by atoms with E-state index in [1.54, 1.807) is 0 Å². The predicted octanol–water partition coefficient (Wildman–Crippen LogP) is 2.41. The first-order chi connectivity index (χ1) is 8.83. The average Bonchev–Trinajstić information content (AvgIpc) is 2.95. The molecule has 5 nitrogen and oxygen atoms in total. The first-order valence-corrected chi connectivity index (χ1v) is 7.71. The van der Waals surface area contributed by atoms with Gasteiger partial charge in [-0.15, -0.1) is 11.8 Å². The van der Waals surface area contributed by atoms with E-state index in [-0.39, 0.29) is 10.9 Å². The highest BCUT2D eigenvalue weighted by Crippen LogP contribution is 2.45. The van der Waals surface area contributed by atoms with Gasteiger partial charge in [-0.1, -0.05) is 5.16 Å². The molecule has 2 rings (SSSR count). The van der Waals surface area contributed by atoms with Crippen LogP contribution < -0.4 is 5.73 Å². The van der Waals surface area contributed by atoms with E-state index in [1.807, 2.05) is 32.5 Å². The van der Waals surface area contributed by atoms with Gasteiger partial charge < -0.3 is 15.0 Å². The third-order valence-corrected chi connectivity index (χ3v) is 4.83. The second-order valence-corrected chi connectivity index (χ2v) is 7.48. The summed E-state index contributed by atoms with van der Waals surface area (Å²) in [6.07, 6.45) is 2.40. The lowest BCUT2D eigenvalue weighted by Crippen LogP contribution is -2.40. The number of ether oxygens (including phenoxy) is 1. The molecule has 0 saturated carbocycles. The number of hydrogen-bond acceptors (Lipinski definition) is 6. The lowest BCUT2D eigenvalue weighted by molar-refractivity contribution is 0.0410. The maximum atomic E-state index is 6.22. The zero-order chi connectivity index (χ0) is 14.1. The minimum atomic E-state index is -0.717. The fourth-order valence-electron chi connectivity index (χ4n) is 2.02. The van der Waals surface area contributed by atoms with Crippen LogP contribution in [0, 0.1) is 0 Å². The minimum absolute atomic E-state index is 0.0553. The molecule has 1 aliphatic rings. The first-order valence-electron chi connectivity index (χ1n) is 6.73. The Kier molecular flexibility index (Phi) is 4.23. The van der Waals surface area contributed by atoms with E-state index < -0.39 is 5.54 Å². The molecule has 108 valence electrons. The van der Waals surface area contributed by atoms with Crippen molar-refractivity contribution in [2.24, 2.45) is 5.73 Å². The van der Waals surface area contributed by atoms with Crippen molar-refractivity contribution in [1.29, 1.82) is 0 Å². The topological polar surface area (TPSA) is 74.2 Å². The van der Waals surface area contributed by atoms with Gasteiger partial charge in [-0.25, -0.2) is 0 Å². The Morgan fingerprint density at radius 1 is 1.58 bits per heavy atom. The molecular weight excluding hydrogens is 262 g/mol. The Morgan fingerprint density at radius 2 is 2.32 bits per heavy atom. The van der Waals surface area contributed by atoms with Crippen molar-refractivity contribution in [3.05, 3.63) is 11.7 Å². The molecule has 1 aromatic heterocycles. The highest BCUT2D eigenvalue weighted by Gasteiger charge is 2.39. The Hall–Kier alpha value is -0.590. The zero-order valence-electron chi connectivity index (χ0n) is 12.1. The summed E-state index contributed by atoms with van der Waals surface area (Å²) < 4.78 is 10.9. The smallest absolute Gasteiger partial charge is 0.242 e. The summed E-state index contributed by atoms with van der Waals surface area (Å²) >= 11 is 1.87. The van der Waals surface area contributed by atoms with Crippen LogP contribution >= 0.6 is 11.8 Å². The standard InChI is InChI=1S/C13H23N3O2S/c1-9(2)17-8-12(3,14)10-15-11(18-16-10)13(4)6-5-7-19-13/h9H,5-8,14H2,1-4H3. The van der Waals surface area contributed by atoms with Crippen molar-refractivity contribution in [3.63, 3.8) is 0 Å². The van der Waals surface area contributed by atoms with Crippen LogP contribution in [0.4, 0.5) is 0 Å². The van der Waals surface area contributed by atoms with Crippen molar-refractivity contribution in [2.45, 2.75) is 56.9 Å². The normalized spacial score (nSPS) is 26.8. The Labute approximate surface area is 118 Å². The van der Waals surface area contributed by atoms with Crippen molar-refractivity contribution in [2.75, 3.05) is 12.4 Å². The van der Waals surface area contributed by atoms with Crippen LogP contribution in [0.2, 0.25) is 0 Å².